The molecule has 2 saturated heterocycles. The fourth-order valence-electron chi connectivity index (χ4n) is 8.18. The van der Waals surface area contributed by atoms with E-state index in [1.807, 2.05) is 32.8 Å². The molecule has 2 heterocycles. The van der Waals surface area contributed by atoms with E-state index in [4.69, 9.17) is 9.94 Å². The average molecular weight is 527 g/mol. The molecule has 216 valence electrons. The highest BCUT2D eigenvalue weighted by molar-refractivity contribution is 5.76. The molecule has 0 aromatic heterocycles. The lowest BCUT2D eigenvalue weighted by molar-refractivity contribution is -0.287. The summed E-state index contributed by atoms with van der Waals surface area (Å²) in [6.45, 7) is 16.6. The summed E-state index contributed by atoms with van der Waals surface area (Å²) in [6.07, 6.45) is 7.55. The van der Waals surface area contributed by atoms with Gasteiger partial charge in [-0.2, -0.15) is 10.1 Å². The van der Waals surface area contributed by atoms with Crippen LogP contribution in [0.15, 0.2) is 0 Å². The number of carboxylic acid groups (broad SMARTS) is 2. The molecule has 0 bridgehead atoms. The average Bonchev–Trinajstić information content (AvgIpc) is 2.71. The van der Waals surface area contributed by atoms with Gasteiger partial charge in [-0.25, -0.2) is 0 Å². The molecule has 2 aliphatic heterocycles. The van der Waals surface area contributed by atoms with Crippen LogP contribution < -0.4 is 0 Å². The summed E-state index contributed by atoms with van der Waals surface area (Å²) >= 11 is 0. The third-order valence-electron chi connectivity index (χ3n) is 9.25. The minimum atomic E-state index is -0.925. The molecule has 0 spiro atoms. The summed E-state index contributed by atoms with van der Waals surface area (Å²) in [5.41, 5.74) is -2.67. The number of aliphatic carboxylic acids is 2. The minimum Gasteiger partial charge on any atom is -0.481 e. The number of unbranched alkanes of at least 4 members (excludes halogenated alkanes) is 4. The van der Waals surface area contributed by atoms with E-state index in [1.165, 1.54) is 5.06 Å². The van der Waals surface area contributed by atoms with Crippen LogP contribution in [0.25, 0.3) is 0 Å². The van der Waals surface area contributed by atoms with Crippen LogP contribution in [0.3, 0.4) is 0 Å². The Labute approximate surface area is 224 Å². The predicted molar refractivity (Wildman–Crippen MR) is 144 cm³/mol. The fourth-order valence-corrected chi connectivity index (χ4v) is 8.18. The maximum absolute atomic E-state index is 13.6. The SMILES string of the molecule is CON1C(C)(C)CC(C(CCCCCCCC(=O)O)(C(=O)O)C2CC(C)(C)N(O)C(C)(C)C2)CC1(C)C. The lowest BCUT2D eigenvalue weighted by atomic mass is 9.52. The second-order valence-electron chi connectivity index (χ2n) is 14.3. The number of hydroxylamine groups is 4. The first-order valence-corrected chi connectivity index (χ1v) is 14.1. The van der Waals surface area contributed by atoms with Crippen molar-refractivity contribution in [3.63, 3.8) is 0 Å². The van der Waals surface area contributed by atoms with Gasteiger partial charge in [-0.05, 0) is 106 Å². The smallest absolute Gasteiger partial charge is 0.310 e. The Morgan fingerprint density at radius 3 is 1.57 bits per heavy atom. The van der Waals surface area contributed by atoms with Gasteiger partial charge in [0.25, 0.3) is 0 Å². The Hall–Kier alpha value is -1.22. The Bertz CT molecular complexity index is 772. The molecular formula is C29H54N2O6. The van der Waals surface area contributed by atoms with E-state index < -0.39 is 28.4 Å². The lowest BCUT2D eigenvalue weighted by Gasteiger charge is -2.60. The van der Waals surface area contributed by atoms with E-state index in [9.17, 15) is 19.9 Å². The first-order valence-electron chi connectivity index (χ1n) is 14.1. The molecule has 0 aliphatic carbocycles. The second-order valence-corrected chi connectivity index (χ2v) is 14.3. The van der Waals surface area contributed by atoms with Gasteiger partial charge in [0.1, 0.15) is 0 Å². The number of carbonyl (C=O) groups is 2. The van der Waals surface area contributed by atoms with Crippen molar-refractivity contribution in [3.8, 4) is 0 Å². The number of rotatable bonds is 12. The van der Waals surface area contributed by atoms with Gasteiger partial charge in [-0.1, -0.05) is 25.7 Å². The molecule has 0 saturated carbocycles. The largest absolute Gasteiger partial charge is 0.481 e. The quantitative estimate of drug-likeness (QED) is 0.252. The zero-order valence-electron chi connectivity index (χ0n) is 24.9. The second kappa shape index (κ2) is 11.5. The van der Waals surface area contributed by atoms with Crippen molar-refractivity contribution in [2.75, 3.05) is 7.11 Å². The van der Waals surface area contributed by atoms with Gasteiger partial charge in [0.05, 0.1) is 12.5 Å². The van der Waals surface area contributed by atoms with Gasteiger partial charge in [0.2, 0.25) is 0 Å². The first kappa shape index (κ1) is 32.0. The summed E-state index contributed by atoms with van der Waals surface area (Å²) < 4.78 is 0. The van der Waals surface area contributed by atoms with Crippen LogP contribution in [0.5, 0.6) is 0 Å². The van der Waals surface area contributed by atoms with Crippen molar-refractivity contribution in [1.29, 1.82) is 0 Å². The summed E-state index contributed by atoms with van der Waals surface area (Å²) in [6, 6.07) is 0. The van der Waals surface area contributed by atoms with E-state index in [0.29, 0.717) is 25.7 Å². The Morgan fingerprint density at radius 1 is 0.757 bits per heavy atom. The van der Waals surface area contributed by atoms with Gasteiger partial charge in [-0.3, -0.25) is 9.59 Å². The molecule has 0 amide bonds. The fraction of sp³-hybridized carbons (Fsp3) is 0.931. The van der Waals surface area contributed by atoms with E-state index in [0.717, 1.165) is 38.5 Å². The van der Waals surface area contributed by atoms with Crippen LogP contribution in [0, 0.1) is 17.3 Å². The van der Waals surface area contributed by atoms with E-state index in [1.54, 1.807) is 7.11 Å². The Morgan fingerprint density at radius 2 is 1.16 bits per heavy atom. The van der Waals surface area contributed by atoms with Crippen molar-refractivity contribution < 1.29 is 29.8 Å². The highest BCUT2D eigenvalue weighted by atomic mass is 16.7. The maximum Gasteiger partial charge on any atom is 0.310 e. The van der Waals surface area contributed by atoms with Gasteiger partial charge in [0.15, 0.2) is 0 Å². The van der Waals surface area contributed by atoms with Gasteiger partial charge >= 0.3 is 11.9 Å². The molecule has 8 nitrogen and oxygen atoms in total. The Balaban J connectivity index is 2.44. The van der Waals surface area contributed by atoms with Crippen LogP contribution in [-0.2, 0) is 14.4 Å². The third kappa shape index (κ3) is 6.87. The monoisotopic (exact) mass is 526 g/mol. The summed E-state index contributed by atoms with van der Waals surface area (Å²) in [4.78, 5) is 30.2. The van der Waals surface area contributed by atoms with Gasteiger partial charge in [-0.15, -0.1) is 0 Å². The molecule has 0 aromatic rings. The molecule has 2 fully saturated rings. The molecule has 8 heteroatoms. The van der Waals surface area contributed by atoms with Crippen LogP contribution >= 0.6 is 0 Å². The van der Waals surface area contributed by atoms with Gasteiger partial charge < -0.3 is 20.3 Å². The van der Waals surface area contributed by atoms with Crippen molar-refractivity contribution >= 4 is 11.9 Å². The number of carboxylic acids is 2. The normalized spacial score (nSPS) is 26.0. The van der Waals surface area contributed by atoms with Crippen LogP contribution in [-0.4, -0.2) is 66.8 Å². The van der Waals surface area contributed by atoms with Crippen LogP contribution in [0.1, 0.15) is 126 Å². The lowest BCUT2D eigenvalue weighted by Crippen LogP contribution is -2.66. The van der Waals surface area contributed by atoms with E-state index in [2.05, 4.69) is 27.7 Å². The minimum absolute atomic E-state index is 0.0461. The van der Waals surface area contributed by atoms with Crippen molar-refractivity contribution in [3.05, 3.63) is 0 Å². The number of nitrogens with zero attached hydrogens (tertiary/aromatic N) is 2. The van der Waals surface area contributed by atoms with E-state index in [-0.39, 0.29) is 29.3 Å². The Kier molecular flexibility index (Phi) is 9.93. The zero-order chi connectivity index (χ0) is 28.4. The maximum atomic E-state index is 13.6. The predicted octanol–water partition coefficient (Wildman–Crippen LogP) is 6.36. The highest BCUT2D eigenvalue weighted by Crippen LogP contribution is 2.58. The van der Waals surface area contributed by atoms with Crippen molar-refractivity contribution in [2.24, 2.45) is 17.3 Å². The third-order valence-corrected chi connectivity index (χ3v) is 9.25. The zero-order valence-corrected chi connectivity index (χ0v) is 24.9. The molecule has 1 atom stereocenters. The van der Waals surface area contributed by atoms with Crippen LogP contribution in [0.4, 0.5) is 0 Å². The summed E-state index contributed by atoms with van der Waals surface area (Å²) in [5.74, 6) is -1.62. The molecule has 1 unspecified atom stereocenters. The number of piperidine rings is 2. The molecule has 2 aliphatic rings. The first-order chi connectivity index (χ1) is 16.8. The van der Waals surface area contributed by atoms with Gasteiger partial charge in [0, 0.05) is 28.6 Å². The molecule has 0 aromatic carbocycles. The topological polar surface area (TPSA) is 111 Å². The standard InChI is InChI=1S/C29H54N2O6/c1-25(2)17-21(18-26(3,4)30(25)36)29(24(34)35,16-14-12-10-11-13-15-23(32)33)22-19-27(5,6)31(37-9)28(7,8)20-22/h21-22,36H,10-20H2,1-9H3,(H,32,33)(H,34,35). The highest BCUT2D eigenvalue weighted by Gasteiger charge is 2.61. The molecule has 37 heavy (non-hydrogen) atoms. The van der Waals surface area contributed by atoms with Crippen LogP contribution in [0.2, 0.25) is 0 Å². The van der Waals surface area contributed by atoms with E-state index >= 15 is 0 Å². The van der Waals surface area contributed by atoms with Crippen molar-refractivity contribution in [1.82, 2.24) is 10.1 Å². The summed E-state index contributed by atoms with van der Waals surface area (Å²) in [5, 5.41) is 34.5. The van der Waals surface area contributed by atoms with Crippen molar-refractivity contribution in [2.45, 2.75) is 148 Å². The molecule has 2 rings (SSSR count). The summed E-state index contributed by atoms with van der Waals surface area (Å²) in [7, 11) is 1.70. The molecule has 0 radical (unpaired) electrons. The number of hydrogen-bond donors (Lipinski definition) is 3. The number of hydrogen-bond acceptors (Lipinski definition) is 6. The molecule has 3 N–H and O–H groups in total. The molecular weight excluding hydrogens is 472 g/mol.